The van der Waals surface area contributed by atoms with Gasteiger partial charge in [0, 0.05) is 37.7 Å². The van der Waals surface area contributed by atoms with Crippen LogP contribution < -0.4 is 10.1 Å². The predicted octanol–water partition coefficient (Wildman–Crippen LogP) is 2.57. The highest BCUT2D eigenvalue weighted by Crippen LogP contribution is 2.19. The van der Waals surface area contributed by atoms with Crippen molar-refractivity contribution in [2.45, 2.75) is 19.0 Å². The second-order valence-corrected chi connectivity index (χ2v) is 4.26. The van der Waals surface area contributed by atoms with Crippen LogP contribution in [-0.4, -0.2) is 32.7 Å². The molecule has 0 radical (unpaired) electrons. The van der Waals surface area contributed by atoms with Gasteiger partial charge in [-0.15, -0.1) is 11.6 Å². The molecule has 1 unspecified atom stereocenters. The number of rotatable bonds is 8. The van der Waals surface area contributed by atoms with E-state index in [1.807, 2.05) is 0 Å². The van der Waals surface area contributed by atoms with Crippen LogP contribution in [0.1, 0.15) is 12.0 Å². The molecule has 0 amide bonds. The minimum absolute atomic E-state index is 0.109. The zero-order valence-electron chi connectivity index (χ0n) is 10.7. The summed E-state index contributed by atoms with van der Waals surface area (Å²) in [4.78, 5) is 0. The highest BCUT2D eigenvalue weighted by molar-refractivity contribution is 6.18. The van der Waals surface area contributed by atoms with Crippen molar-refractivity contribution in [1.29, 1.82) is 0 Å². The van der Waals surface area contributed by atoms with E-state index < -0.39 is 0 Å². The monoisotopic (exact) mass is 275 g/mol. The lowest BCUT2D eigenvalue weighted by atomic mass is 10.1. The number of hydrogen-bond acceptors (Lipinski definition) is 3. The van der Waals surface area contributed by atoms with Gasteiger partial charge in [-0.3, -0.25) is 0 Å². The van der Waals surface area contributed by atoms with E-state index >= 15 is 0 Å². The van der Waals surface area contributed by atoms with Gasteiger partial charge in [-0.1, -0.05) is 12.1 Å². The lowest BCUT2D eigenvalue weighted by molar-refractivity contribution is 0.185. The second-order valence-electron chi connectivity index (χ2n) is 3.95. The fourth-order valence-electron chi connectivity index (χ4n) is 1.60. The maximum Gasteiger partial charge on any atom is 0.169 e. The van der Waals surface area contributed by atoms with Crippen LogP contribution in [0.2, 0.25) is 0 Å². The quantitative estimate of drug-likeness (QED) is 0.740. The Morgan fingerprint density at radius 3 is 2.78 bits per heavy atom. The third kappa shape index (κ3) is 4.44. The van der Waals surface area contributed by atoms with E-state index in [0.717, 1.165) is 6.42 Å². The van der Waals surface area contributed by atoms with Crippen LogP contribution >= 0.6 is 11.6 Å². The molecule has 0 aliphatic carbocycles. The number of halogens is 2. The van der Waals surface area contributed by atoms with Crippen LogP contribution in [0.5, 0.6) is 5.75 Å². The van der Waals surface area contributed by atoms with Crippen LogP contribution in [0.3, 0.4) is 0 Å². The molecule has 0 fully saturated rings. The van der Waals surface area contributed by atoms with Crippen LogP contribution in [0, 0.1) is 5.82 Å². The van der Waals surface area contributed by atoms with Gasteiger partial charge in [-0.25, -0.2) is 4.39 Å². The normalized spacial score (nSPS) is 12.4. The fourth-order valence-corrected chi connectivity index (χ4v) is 1.86. The SMILES string of the molecule is COCCC(CCl)NCc1cccc(OC)c1F. The van der Waals surface area contributed by atoms with Gasteiger partial charge in [0.25, 0.3) is 0 Å². The number of ether oxygens (including phenoxy) is 2. The van der Waals surface area contributed by atoms with Crippen molar-refractivity contribution in [3.8, 4) is 5.75 Å². The van der Waals surface area contributed by atoms with E-state index in [0.29, 0.717) is 24.6 Å². The number of methoxy groups -OCH3 is 2. The Morgan fingerprint density at radius 1 is 1.39 bits per heavy atom. The molecule has 0 saturated carbocycles. The molecule has 0 aliphatic heterocycles. The first-order chi connectivity index (χ1) is 8.72. The first kappa shape index (κ1) is 15.2. The van der Waals surface area contributed by atoms with Gasteiger partial charge < -0.3 is 14.8 Å². The van der Waals surface area contributed by atoms with Gasteiger partial charge in [-0.2, -0.15) is 0 Å². The Kier molecular flexibility index (Phi) is 7.01. The summed E-state index contributed by atoms with van der Waals surface area (Å²) in [6.45, 7) is 1.05. The Morgan fingerprint density at radius 2 is 2.17 bits per heavy atom. The third-order valence-corrected chi connectivity index (χ3v) is 3.07. The molecule has 1 aromatic carbocycles. The van der Waals surface area contributed by atoms with Gasteiger partial charge in [0.15, 0.2) is 11.6 Å². The van der Waals surface area contributed by atoms with Crippen molar-refractivity contribution in [3.05, 3.63) is 29.6 Å². The van der Waals surface area contributed by atoms with Crippen molar-refractivity contribution in [3.63, 3.8) is 0 Å². The first-order valence-corrected chi connectivity index (χ1v) is 6.36. The second kappa shape index (κ2) is 8.29. The Hall–Kier alpha value is -0.840. The Labute approximate surface area is 112 Å². The molecule has 0 heterocycles. The van der Waals surface area contributed by atoms with Crippen molar-refractivity contribution in [1.82, 2.24) is 5.32 Å². The minimum Gasteiger partial charge on any atom is -0.494 e. The first-order valence-electron chi connectivity index (χ1n) is 5.82. The van der Waals surface area contributed by atoms with Crippen molar-refractivity contribution >= 4 is 11.6 Å². The highest BCUT2D eigenvalue weighted by Gasteiger charge is 2.11. The highest BCUT2D eigenvalue weighted by atomic mass is 35.5. The van der Waals surface area contributed by atoms with E-state index in [9.17, 15) is 4.39 Å². The van der Waals surface area contributed by atoms with Crippen LogP contribution in [0.25, 0.3) is 0 Å². The summed E-state index contributed by atoms with van der Waals surface area (Å²) < 4.78 is 23.8. The van der Waals surface area contributed by atoms with Gasteiger partial charge in [0.05, 0.1) is 7.11 Å². The maximum absolute atomic E-state index is 13.9. The molecule has 0 aromatic heterocycles. The Balaban J connectivity index is 2.56. The number of nitrogens with one attached hydrogen (secondary N) is 1. The lowest BCUT2D eigenvalue weighted by Gasteiger charge is -2.16. The summed E-state index contributed by atoms with van der Waals surface area (Å²) in [5, 5.41) is 3.21. The number of benzene rings is 1. The number of hydrogen-bond donors (Lipinski definition) is 1. The molecular weight excluding hydrogens is 257 g/mol. The predicted molar refractivity (Wildman–Crippen MR) is 70.8 cm³/mol. The molecule has 18 heavy (non-hydrogen) atoms. The molecule has 0 aliphatic rings. The van der Waals surface area contributed by atoms with Crippen molar-refractivity contribution in [2.75, 3.05) is 26.7 Å². The van der Waals surface area contributed by atoms with E-state index in [2.05, 4.69) is 5.32 Å². The van der Waals surface area contributed by atoms with Crippen LogP contribution in [0.4, 0.5) is 4.39 Å². The zero-order chi connectivity index (χ0) is 13.4. The van der Waals surface area contributed by atoms with Gasteiger partial charge in [-0.05, 0) is 12.5 Å². The Bertz CT molecular complexity index is 363. The molecule has 102 valence electrons. The molecule has 0 bridgehead atoms. The smallest absolute Gasteiger partial charge is 0.169 e. The van der Waals surface area contributed by atoms with E-state index in [1.54, 1.807) is 25.3 Å². The summed E-state index contributed by atoms with van der Waals surface area (Å²) in [5.74, 6) is 0.399. The average Bonchev–Trinajstić information content (AvgIpc) is 2.40. The largest absolute Gasteiger partial charge is 0.494 e. The number of alkyl halides is 1. The van der Waals surface area contributed by atoms with Crippen molar-refractivity contribution in [2.24, 2.45) is 0 Å². The van der Waals surface area contributed by atoms with Gasteiger partial charge in [0.1, 0.15) is 0 Å². The molecule has 1 N–H and O–H groups in total. The topological polar surface area (TPSA) is 30.5 Å². The third-order valence-electron chi connectivity index (χ3n) is 2.70. The zero-order valence-corrected chi connectivity index (χ0v) is 11.5. The van der Waals surface area contributed by atoms with Crippen LogP contribution in [-0.2, 0) is 11.3 Å². The standard InChI is InChI=1S/C13H19ClFNO2/c1-17-7-6-11(8-14)16-9-10-4-3-5-12(18-2)13(10)15/h3-5,11,16H,6-9H2,1-2H3. The summed E-state index contributed by atoms with van der Waals surface area (Å²) in [7, 11) is 3.10. The average molecular weight is 276 g/mol. The summed E-state index contributed by atoms with van der Waals surface area (Å²) in [6, 6.07) is 5.20. The molecule has 3 nitrogen and oxygen atoms in total. The van der Waals surface area contributed by atoms with E-state index in [1.165, 1.54) is 7.11 Å². The maximum atomic E-state index is 13.9. The molecular formula is C13H19ClFNO2. The molecule has 5 heteroatoms. The van der Waals surface area contributed by atoms with E-state index in [4.69, 9.17) is 21.1 Å². The minimum atomic E-state index is -0.326. The molecule has 0 spiro atoms. The van der Waals surface area contributed by atoms with Crippen molar-refractivity contribution < 1.29 is 13.9 Å². The summed E-state index contributed by atoms with van der Waals surface area (Å²) in [6.07, 6.45) is 0.797. The van der Waals surface area contributed by atoms with E-state index in [-0.39, 0.29) is 17.6 Å². The van der Waals surface area contributed by atoms with Crippen LogP contribution in [0.15, 0.2) is 18.2 Å². The summed E-state index contributed by atoms with van der Waals surface area (Å²) >= 11 is 5.83. The lowest BCUT2D eigenvalue weighted by Crippen LogP contribution is -2.31. The summed E-state index contributed by atoms with van der Waals surface area (Å²) in [5.41, 5.74) is 0.571. The molecule has 1 aromatic rings. The molecule has 0 saturated heterocycles. The van der Waals surface area contributed by atoms with Gasteiger partial charge >= 0.3 is 0 Å². The van der Waals surface area contributed by atoms with Gasteiger partial charge in [0.2, 0.25) is 0 Å². The molecule has 1 atom stereocenters. The molecule has 1 rings (SSSR count). The fraction of sp³-hybridized carbons (Fsp3) is 0.538.